The van der Waals surface area contributed by atoms with Gasteiger partial charge < -0.3 is 10.1 Å². The highest BCUT2D eigenvalue weighted by Crippen LogP contribution is 2.38. The number of aromatic nitrogens is 1. The second-order valence-corrected chi connectivity index (χ2v) is 5.51. The Morgan fingerprint density at radius 1 is 1.33 bits per heavy atom. The molecule has 1 aliphatic rings. The summed E-state index contributed by atoms with van der Waals surface area (Å²) in [7, 11) is 1.66. The summed E-state index contributed by atoms with van der Waals surface area (Å²) in [5, 5.41) is 3.65. The second kappa shape index (κ2) is 6.27. The number of ether oxygens (including phenoxy) is 1. The standard InChI is InChI=1S/C18H22N2O/c1-3-10-19-17-8-7-15-14(5-4-6-16(15)17)13-9-11-20-18(12-13)21-2/h4-6,9,11-12,17,19H,3,7-8,10H2,1-2H3. The lowest BCUT2D eigenvalue weighted by Gasteiger charge is -2.14. The summed E-state index contributed by atoms with van der Waals surface area (Å²) in [6, 6.07) is 11.2. The molecule has 1 N–H and O–H groups in total. The minimum Gasteiger partial charge on any atom is -0.481 e. The third-order valence-corrected chi connectivity index (χ3v) is 4.17. The molecular formula is C18H22N2O. The largest absolute Gasteiger partial charge is 0.481 e. The summed E-state index contributed by atoms with van der Waals surface area (Å²) in [6.07, 6.45) is 5.31. The van der Waals surface area contributed by atoms with Crippen molar-refractivity contribution in [1.82, 2.24) is 10.3 Å². The quantitative estimate of drug-likeness (QED) is 0.907. The molecule has 1 unspecified atom stereocenters. The number of hydrogen-bond donors (Lipinski definition) is 1. The molecular weight excluding hydrogens is 260 g/mol. The van der Waals surface area contributed by atoms with E-state index in [1.807, 2.05) is 12.3 Å². The molecule has 3 rings (SSSR count). The van der Waals surface area contributed by atoms with Crippen LogP contribution < -0.4 is 10.1 Å². The highest BCUT2D eigenvalue weighted by atomic mass is 16.5. The maximum absolute atomic E-state index is 5.25. The molecule has 3 nitrogen and oxygen atoms in total. The topological polar surface area (TPSA) is 34.2 Å². The Morgan fingerprint density at radius 3 is 3.05 bits per heavy atom. The van der Waals surface area contributed by atoms with Gasteiger partial charge in [-0.25, -0.2) is 4.98 Å². The molecule has 1 aliphatic carbocycles. The highest BCUT2D eigenvalue weighted by molar-refractivity contribution is 5.70. The van der Waals surface area contributed by atoms with Crippen LogP contribution in [0.4, 0.5) is 0 Å². The van der Waals surface area contributed by atoms with Crippen molar-refractivity contribution in [3.63, 3.8) is 0 Å². The molecule has 3 heteroatoms. The Hall–Kier alpha value is -1.87. The average molecular weight is 282 g/mol. The first kappa shape index (κ1) is 14.1. The zero-order valence-electron chi connectivity index (χ0n) is 12.7. The summed E-state index contributed by atoms with van der Waals surface area (Å²) in [5.74, 6) is 0.670. The number of fused-ring (bicyclic) bond motifs is 1. The fourth-order valence-corrected chi connectivity index (χ4v) is 3.14. The SMILES string of the molecule is CCCNC1CCc2c(-c3ccnc(OC)c3)cccc21. The third kappa shape index (κ3) is 2.79. The van der Waals surface area contributed by atoms with Crippen molar-refractivity contribution in [1.29, 1.82) is 0 Å². The minimum atomic E-state index is 0.503. The Bertz CT molecular complexity index is 624. The van der Waals surface area contributed by atoms with Crippen LogP contribution in [0.15, 0.2) is 36.5 Å². The van der Waals surface area contributed by atoms with Crippen LogP contribution in [-0.2, 0) is 6.42 Å². The van der Waals surface area contributed by atoms with Gasteiger partial charge in [-0.3, -0.25) is 0 Å². The molecule has 0 amide bonds. The monoisotopic (exact) mass is 282 g/mol. The smallest absolute Gasteiger partial charge is 0.213 e. The van der Waals surface area contributed by atoms with Crippen molar-refractivity contribution in [3.05, 3.63) is 47.7 Å². The van der Waals surface area contributed by atoms with Gasteiger partial charge in [0, 0.05) is 18.3 Å². The molecule has 1 aromatic heterocycles. The molecule has 1 heterocycles. The van der Waals surface area contributed by atoms with Crippen LogP contribution in [0.2, 0.25) is 0 Å². The molecule has 0 fully saturated rings. The van der Waals surface area contributed by atoms with Gasteiger partial charge in [0.2, 0.25) is 5.88 Å². The van der Waals surface area contributed by atoms with Crippen molar-refractivity contribution in [2.75, 3.05) is 13.7 Å². The first-order valence-electron chi connectivity index (χ1n) is 7.69. The van der Waals surface area contributed by atoms with E-state index in [9.17, 15) is 0 Å². The Labute approximate surface area is 126 Å². The van der Waals surface area contributed by atoms with Crippen molar-refractivity contribution in [3.8, 4) is 17.0 Å². The van der Waals surface area contributed by atoms with E-state index in [1.54, 1.807) is 7.11 Å². The maximum atomic E-state index is 5.25. The first-order chi connectivity index (χ1) is 10.3. The molecule has 0 radical (unpaired) electrons. The van der Waals surface area contributed by atoms with E-state index in [-0.39, 0.29) is 0 Å². The van der Waals surface area contributed by atoms with Gasteiger partial charge in [-0.2, -0.15) is 0 Å². The van der Waals surface area contributed by atoms with Gasteiger partial charge in [0.05, 0.1) is 7.11 Å². The molecule has 21 heavy (non-hydrogen) atoms. The van der Waals surface area contributed by atoms with Gasteiger partial charge in [-0.15, -0.1) is 0 Å². The number of rotatable bonds is 5. The van der Waals surface area contributed by atoms with Crippen molar-refractivity contribution in [2.24, 2.45) is 0 Å². The van der Waals surface area contributed by atoms with Crippen molar-refractivity contribution < 1.29 is 4.74 Å². The second-order valence-electron chi connectivity index (χ2n) is 5.51. The number of benzene rings is 1. The minimum absolute atomic E-state index is 0.503. The fraction of sp³-hybridized carbons (Fsp3) is 0.389. The third-order valence-electron chi connectivity index (χ3n) is 4.17. The normalized spacial score (nSPS) is 16.8. The van der Waals surface area contributed by atoms with Gasteiger partial charge in [0.1, 0.15) is 0 Å². The zero-order valence-corrected chi connectivity index (χ0v) is 12.7. The number of nitrogens with zero attached hydrogens (tertiary/aromatic N) is 1. The predicted octanol–water partition coefficient (Wildman–Crippen LogP) is 3.74. The molecule has 0 bridgehead atoms. The maximum Gasteiger partial charge on any atom is 0.213 e. The average Bonchev–Trinajstić information content (AvgIpc) is 2.96. The van der Waals surface area contributed by atoms with E-state index in [4.69, 9.17) is 4.74 Å². The zero-order chi connectivity index (χ0) is 14.7. The molecule has 0 saturated carbocycles. The predicted molar refractivity (Wildman–Crippen MR) is 85.6 cm³/mol. The first-order valence-corrected chi connectivity index (χ1v) is 7.69. The van der Waals surface area contributed by atoms with Crippen LogP contribution >= 0.6 is 0 Å². The Morgan fingerprint density at radius 2 is 2.24 bits per heavy atom. The van der Waals surface area contributed by atoms with E-state index >= 15 is 0 Å². The van der Waals surface area contributed by atoms with Crippen LogP contribution in [0.25, 0.3) is 11.1 Å². The molecule has 2 aromatic rings. The van der Waals surface area contributed by atoms with Crippen LogP contribution in [0, 0.1) is 0 Å². The van der Waals surface area contributed by atoms with Gasteiger partial charge in [-0.05, 0) is 54.1 Å². The van der Waals surface area contributed by atoms with E-state index in [0.717, 1.165) is 13.0 Å². The molecule has 1 atom stereocenters. The van der Waals surface area contributed by atoms with Gasteiger partial charge in [0.25, 0.3) is 0 Å². The summed E-state index contributed by atoms with van der Waals surface area (Å²) in [6.45, 7) is 3.29. The number of methoxy groups -OCH3 is 1. The van der Waals surface area contributed by atoms with E-state index < -0.39 is 0 Å². The summed E-state index contributed by atoms with van der Waals surface area (Å²) in [4.78, 5) is 4.20. The Balaban J connectivity index is 1.96. The Kier molecular flexibility index (Phi) is 4.20. The number of pyridine rings is 1. The lowest BCUT2D eigenvalue weighted by molar-refractivity contribution is 0.398. The fourth-order valence-electron chi connectivity index (χ4n) is 3.14. The molecule has 0 aliphatic heterocycles. The van der Waals surface area contributed by atoms with Gasteiger partial charge in [0.15, 0.2) is 0 Å². The van der Waals surface area contributed by atoms with Crippen LogP contribution in [0.1, 0.15) is 36.9 Å². The molecule has 0 saturated heterocycles. The van der Waals surface area contributed by atoms with Crippen molar-refractivity contribution in [2.45, 2.75) is 32.2 Å². The van der Waals surface area contributed by atoms with E-state index in [0.29, 0.717) is 11.9 Å². The van der Waals surface area contributed by atoms with Crippen molar-refractivity contribution >= 4 is 0 Å². The summed E-state index contributed by atoms with van der Waals surface area (Å²) >= 11 is 0. The lowest BCUT2D eigenvalue weighted by atomic mass is 9.97. The molecule has 1 aromatic carbocycles. The molecule has 110 valence electrons. The summed E-state index contributed by atoms with van der Waals surface area (Å²) in [5.41, 5.74) is 5.43. The van der Waals surface area contributed by atoms with Gasteiger partial charge >= 0.3 is 0 Å². The van der Waals surface area contributed by atoms with E-state index in [1.165, 1.54) is 35.1 Å². The van der Waals surface area contributed by atoms with Crippen LogP contribution in [-0.4, -0.2) is 18.6 Å². The highest BCUT2D eigenvalue weighted by Gasteiger charge is 2.24. The number of nitrogens with one attached hydrogen (secondary N) is 1. The van der Waals surface area contributed by atoms with Crippen LogP contribution in [0.3, 0.4) is 0 Å². The lowest BCUT2D eigenvalue weighted by Crippen LogP contribution is -2.19. The summed E-state index contributed by atoms with van der Waals surface area (Å²) < 4.78 is 5.25. The number of hydrogen-bond acceptors (Lipinski definition) is 3. The van der Waals surface area contributed by atoms with E-state index in [2.05, 4.69) is 41.5 Å². The van der Waals surface area contributed by atoms with Crippen LogP contribution in [0.5, 0.6) is 5.88 Å². The van der Waals surface area contributed by atoms with Gasteiger partial charge in [-0.1, -0.05) is 25.1 Å². The molecule has 0 spiro atoms.